The third-order valence-corrected chi connectivity index (χ3v) is 12.0. The molecule has 0 radical (unpaired) electrons. The number of rotatable bonds is 9. The zero-order valence-electron chi connectivity index (χ0n) is 29.5. The van der Waals surface area contributed by atoms with Crippen molar-refractivity contribution < 1.29 is 22.7 Å². The van der Waals surface area contributed by atoms with Crippen LogP contribution in [0.2, 0.25) is 15.1 Å². The summed E-state index contributed by atoms with van der Waals surface area (Å²) < 4.78 is 36.4. The number of sulfonamides is 1. The lowest BCUT2D eigenvalue weighted by Gasteiger charge is -2.47. The highest BCUT2D eigenvalue weighted by molar-refractivity contribution is 7.89. The molecule has 0 spiro atoms. The number of benzene rings is 3. The number of amides is 3. The molecule has 3 aromatic carbocycles. The molecule has 274 valence electrons. The molecule has 0 unspecified atom stereocenters. The molecule has 0 bridgehead atoms. The van der Waals surface area contributed by atoms with Crippen molar-refractivity contribution in [1.29, 1.82) is 0 Å². The predicted octanol–water partition coefficient (Wildman–Crippen LogP) is 6.24. The number of urea groups is 1. The summed E-state index contributed by atoms with van der Waals surface area (Å²) >= 11 is 19.4. The van der Waals surface area contributed by atoms with Crippen molar-refractivity contribution in [3.63, 3.8) is 0 Å². The highest BCUT2D eigenvalue weighted by atomic mass is 35.5. The second kappa shape index (κ2) is 14.6. The maximum absolute atomic E-state index is 15.2. The minimum atomic E-state index is -4.16. The smallest absolute Gasteiger partial charge is 0.326 e. The SMILES string of the molecule is CCOc1cc(Cl)c(S(=O)(=O)NC(C)(C)C)cc1C1=N[C@@](C)(c2ccc(Cl)cc2)[C@@](C)(c2ccc(Cl)cc2)N1C(=O)N1CCN(CC(N)=O)CC1. The van der Waals surface area contributed by atoms with Gasteiger partial charge in [-0.25, -0.2) is 17.9 Å². The summed E-state index contributed by atoms with van der Waals surface area (Å²) in [5, 5.41) is 0.981. The summed E-state index contributed by atoms with van der Waals surface area (Å²) in [7, 11) is -4.16. The van der Waals surface area contributed by atoms with Gasteiger partial charge in [0.1, 0.15) is 27.6 Å². The minimum absolute atomic E-state index is 0.0538. The monoisotopic (exact) mass is 776 g/mol. The Kier molecular flexibility index (Phi) is 11.1. The van der Waals surface area contributed by atoms with Crippen LogP contribution in [-0.2, 0) is 25.9 Å². The number of nitrogens with two attached hydrogens (primary N) is 1. The van der Waals surface area contributed by atoms with E-state index >= 15 is 4.79 Å². The van der Waals surface area contributed by atoms with Crippen molar-refractivity contribution in [2.75, 3.05) is 39.3 Å². The lowest BCUT2D eigenvalue weighted by molar-refractivity contribution is -0.119. The minimum Gasteiger partial charge on any atom is -0.493 e. The molecule has 2 atom stereocenters. The van der Waals surface area contributed by atoms with Crippen LogP contribution < -0.4 is 15.2 Å². The van der Waals surface area contributed by atoms with E-state index in [-0.39, 0.29) is 46.2 Å². The molecule has 0 aromatic heterocycles. The largest absolute Gasteiger partial charge is 0.493 e. The van der Waals surface area contributed by atoms with Crippen LogP contribution in [-0.4, -0.2) is 85.8 Å². The summed E-state index contributed by atoms with van der Waals surface area (Å²) in [6.45, 7) is 12.6. The van der Waals surface area contributed by atoms with Gasteiger partial charge in [-0.1, -0.05) is 59.1 Å². The quantitative estimate of drug-likeness (QED) is 0.264. The van der Waals surface area contributed by atoms with Crippen molar-refractivity contribution in [3.05, 3.63) is 92.4 Å². The second-order valence-electron chi connectivity index (χ2n) is 14.0. The maximum Gasteiger partial charge on any atom is 0.326 e. The highest BCUT2D eigenvalue weighted by Crippen LogP contribution is 2.54. The predicted molar refractivity (Wildman–Crippen MR) is 201 cm³/mol. The van der Waals surface area contributed by atoms with Gasteiger partial charge in [0.05, 0.1) is 23.7 Å². The first-order valence-corrected chi connectivity index (χ1v) is 19.1. The van der Waals surface area contributed by atoms with Crippen LogP contribution in [0.1, 0.15) is 58.2 Å². The standard InChI is InChI=1S/C36H43Cl3N6O5S/c1-7-50-29-21-28(39)30(51(48,49)42-34(2,3)4)20-27(29)32-41-35(5,23-8-12-25(37)13-9-23)36(6,24-10-14-26(38)15-11-24)45(32)33(47)44-18-16-43(17-19-44)22-31(40)46/h8-15,20-21,42H,7,16-19,22H2,1-6H3,(H2,40,46)/t35-,36+/m0/s1. The number of piperazine rings is 1. The molecule has 2 heterocycles. The van der Waals surface area contributed by atoms with Gasteiger partial charge in [0.2, 0.25) is 15.9 Å². The molecule has 3 amide bonds. The molecular formula is C36H43Cl3N6O5S. The van der Waals surface area contributed by atoms with Crippen molar-refractivity contribution in [2.45, 2.75) is 63.1 Å². The summed E-state index contributed by atoms with van der Waals surface area (Å²) in [5.74, 6) is -0.0173. The third kappa shape index (κ3) is 7.72. The van der Waals surface area contributed by atoms with Crippen molar-refractivity contribution >= 4 is 62.6 Å². The number of carbonyl (C=O) groups is 2. The Morgan fingerprint density at radius 3 is 1.98 bits per heavy atom. The van der Waals surface area contributed by atoms with Gasteiger partial charge < -0.3 is 15.4 Å². The van der Waals surface area contributed by atoms with Gasteiger partial charge in [-0.05, 0) is 83.0 Å². The van der Waals surface area contributed by atoms with Gasteiger partial charge >= 0.3 is 6.03 Å². The molecule has 1 saturated heterocycles. The highest BCUT2D eigenvalue weighted by Gasteiger charge is 2.60. The van der Waals surface area contributed by atoms with Crippen LogP contribution in [0.25, 0.3) is 0 Å². The maximum atomic E-state index is 15.2. The number of ether oxygens (including phenoxy) is 1. The van der Waals surface area contributed by atoms with Crippen LogP contribution in [0, 0.1) is 0 Å². The summed E-state index contributed by atoms with van der Waals surface area (Å²) in [6.07, 6.45) is 0. The Labute approximate surface area is 314 Å². The number of carbonyl (C=O) groups excluding carboxylic acids is 2. The van der Waals surface area contributed by atoms with E-state index in [0.29, 0.717) is 36.2 Å². The van der Waals surface area contributed by atoms with Crippen LogP contribution in [0.5, 0.6) is 5.75 Å². The van der Waals surface area contributed by atoms with Crippen molar-refractivity contribution in [2.24, 2.45) is 10.7 Å². The number of amidine groups is 1. The fourth-order valence-corrected chi connectivity index (χ4v) is 8.89. The summed E-state index contributed by atoms with van der Waals surface area (Å²) in [6, 6.07) is 17.0. The molecule has 3 aromatic rings. The van der Waals surface area contributed by atoms with Gasteiger partial charge in [0, 0.05) is 47.8 Å². The first kappa shape index (κ1) is 38.8. The van der Waals surface area contributed by atoms with E-state index in [4.69, 9.17) is 50.3 Å². The number of nitrogens with one attached hydrogen (secondary N) is 1. The zero-order valence-corrected chi connectivity index (χ0v) is 32.6. The fourth-order valence-electron chi connectivity index (χ4n) is 6.68. The molecule has 15 heteroatoms. The van der Waals surface area contributed by atoms with Crippen LogP contribution >= 0.6 is 34.8 Å². The van der Waals surface area contributed by atoms with E-state index in [9.17, 15) is 13.2 Å². The number of hydrogen-bond donors (Lipinski definition) is 2. The molecule has 1 fully saturated rings. The van der Waals surface area contributed by atoms with Gasteiger partial charge in [-0.15, -0.1) is 0 Å². The molecule has 2 aliphatic heterocycles. The lowest BCUT2D eigenvalue weighted by Crippen LogP contribution is -2.61. The topological polar surface area (TPSA) is 138 Å². The number of primary amides is 1. The molecule has 51 heavy (non-hydrogen) atoms. The Bertz CT molecular complexity index is 1950. The number of hydrogen-bond acceptors (Lipinski definition) is 7. The Morgan fingerprint density at radius 2 is 1.47 bits per heavy atom. The molecule has 0 aliphatic carbocycles. The van der Waals surface area contributed by atoms with Gasteiger partial charge in [-0.3, -0.25) is 19.6 Å². The molecule has 5 rings (SSSR count). The van der Waals surface area contributed by atoms with Gasteiger partial charge in [-0.2, -0.15) is 0 Å². The molecular weight excluding hydrogens is 735 g/mol. The normalized spacial score (nSPS) is 21.5. The van der Waals surface area contributed by atoms with Crippen LogP contribution in [0.15, 0.2) is 70.6 Å². The van der Waals surface area contributed by atoms with E-state index < -0.39 is 32.5 Å². The number of nitrogens with zero attached hydrogens (tertiary/aromatic N) is 4. The van der Waals surface area contributed by atoms with E-state index in [0.717, 1.165) is 11.1 Å². The van der Waals surface area contributed by atoms with Crippen LogP contribution in [0.4, 0.5) is 4.79 Å². The average molecular weight is 778 g/mol. The van der Waals surface area contributed by atoms with E-state index in [1.165, 1.54) is 12.1 Å². The molecule has 11 nitrogen and oxygen atoms in total. The van der Waals surface area contributed by atoms with Crippen LogP contribution in [0.3, 0.4) is 0 Å². The Hall–Kier alpha value is -3.39. The number of halogens is 3. The summed E-state index contributed by atoms with van der Waals surface area (Å²) in [5.41, 5.74) is 3.97. The zero-order chi connectivity index (χ0) is 37.5. The second-order valence-corrected chi connectivity index (χ2v) is 16.9. The van der Waals surface area contributed by atoms with E-state index in [2.05, 4.69) is 4.72 Å². The van der Waals surface area contributed by atoms with E-state index in [1.807, 2.05) is 43.0 Å². The van der Waals surface area contributed by atoms with Gasteiger partial charge in [0.15, 0.2) is 0 Å². The molecule has 3 N–H and O–H groups in total. The molecule has 2 aliphatic rings. The van der Waals surface area contributed by atoms with Crippen molar-refractivity contribution in [1.82, 2.24) is 19.4 Å². The third-order valence-electron chi connectivity index (χ3n) is 9.27. The van der Waals surface area contributed by atoms with Crippen molar-refractivity contribution in [3.8, 4) is 5.75 Å². The summed E-state index contributed by atoms with van der Waals surface area (Å²) in [4.78, 5) is 37.2. The fraction of sp³-hybridized carbons (Fsp3) is 0.417. The van der Waals surface area contributed by atoms with E-state index in [1.54, 1.807) is 61.8 Å². The Balaban J connectivity index is 1.80. The number of aliphatic imine (C=N–C) groups is 1. The first-order valence-electron chi connectivity index (χ1n) is 16.5. The Morgan fingerprint density at radius 1 is 0.922 bits per heavy atom. The molecule has 0 saturated carbocycles. The van der Waals surface area contributed by atoms with Gasteiger partial charge in [0.25, 0.3) is 0 Å². The lowest BCUT2D eigenvalue weighted by atomic mass is 9.71. The average Bonchev–Trinajstić information content (AvgIpc) is 3.28. The first-order chi connectivity index (χ1) is 23.8.